The average molecular weight is 262 g/mol. The van der Waals surface area contributed by atoms with Crippen molar-refractivity contribution in [1.29, 1.82) is 0 Å². The lowest BCUT2D eigenvalue weighted by Crippen LogP contribution is -2.17. The monoisotopic (exact) mass is 262 g/mol. The zero-order chi connectivity index (χ0) is 12.8. The Morgan fingerprint density at radius 3 is 2.89 bits per heavy atom. The number of thiophene rings is 1. The van der Waals surface area contributed by atoms with Crippen LogP contribution in [0.1, 0.15) is 22.2 Å². The van der Waals surface area contributed by atoms with Crippen molar-refractivity contribution in [2.24, 2.45) is 5.73 Å². The lowest BCUT2D eigenvalue weighted by Gasteiger charge is -2.15. The van der Waals surface area contributed by atoms with E-state index in [1.54, 1.807) is 17.5 Å². The van der Waals surface area contributed by atoms with E-state index in [2.05, 4.69) is 23.4 Å². The highest BCUT2D eigenvalue weighted by molar-refractivity contribution is 7.10. The van der Waals surface area contributed by atoms with Crippen molar-refractivity contribution in [3.05, 3.63) is 52.0 Å². The molecule has 2 aromatic rings. The zero-order valence-corrected chi connectivity index (χ0v) is 11.3. The molecule has 0 aromatic carbocycles. The average Bonchev–Trinajstić information content (AvgIpc) is 2.82. The van der Waals surface area contributed by atoms with Gasteiger partial charge in [0.25, 0.3) is 0 Å². The van der Waals surface area contributed by atoms with Gasteiger partial charge in [-0.3, -0.25) is 4.98 Å². The summed E-state index contributed by atoms with van der Waals surface area (Å²) in [6.45, 7) is 3.26. The molecule has 2 N–H and O–H groups in total. The SMILES string of the molecule is Cc1ccsc1C(CN)OCCc1ccccn1. The quantitative estimate of drug-likeness (QED) is 0.870. The molecule has 0 aliphatic heterocycles. The van der Waals surface area contributed by atoms with Crippen LogP contribution in [0.15, 0.2) is 35.8 Å². The number of rotatable bonds is 6. The maximum atomic E-state index is 5.87. The van der Waals surface area contributed by atoms with Crippen molar-refractivity contribution in [2.45, 2.75) is 19.4 Å². The van der Waals surface area contributed by atoms with Crippen LogP contribution in [-0.4, -0.2) is 18.1 Å². The molecular weight excluding hydrogens is 244 g/mol. The summed E-state index contributed by atoms with van der Waals surface area (Å²) in [4.78, 5) is 5.51. The Morgan fingerprint density at radius 2 is 2.28 bits per heavy atom. The molecule has 2 rings (SSSR count). The van der Waals surface area contributed by atoms with Crippen LogP contribution in [0.3, 0.4) is 0 Å². The van der Waals surface area contributed by atoms with Crippen molar-refractivity contribution in [3.8, 4) is 0 Å². The number of hydrogen-bond acceptors (Lipinski definition) is 4. The Hall–Kier alpha value is -1.23. The molecule has 1 atom stereocenters. The fourth-order valence-corrected chi connectivity index (χ4v) is 2.81. The second-order valence-electron chi connectivity index (χ2n) is 4.13. The molecule has 0 bridgehead atoms. The number of hydrogen-bond donors (Lipinski definition) is 1. The molecule has 3 nitrogen and oxygen atoms in total. The molecule has 0 spiro atoms. The summed E-state index contributed by atoms with van der Waals surface area (Å²) in [7, 11) is 0. The summed E-state index contributed by atoms with van der Waals surface area (Å²) in [6, 6.07) is 8.02. The minimum absolute atomic E-state index is 0.00807. The van der Waals surface area contributed by atoms with E-state index in [0.717, 1.165) is 12.1 Å². The first-order valence-electron chi connectivity index (χ1n) is 6.07. The van der Waals surface area contributed by atoms with Crippen molar-refractivity contribution in [3.63, 3.8) is 0 Å². The van der Waals surface area contributed by atoms with Crippen LogP contribution in [0.4, 0.5) is 0 Å². The van der Waals surface area contributed by atoms with Gasteiger partial charge in [0.2, 0.25) is 0 Å². The first-order valence-corrected chi connectivity index (χ1v) is 6.95. The van der Waals surface area contributed by atoms with Gasteiger partial charge in [0.15, 0.2) is 0 Å². The highest BCUT2D eigenvalue weighted by atomic mass is 32.1. The van der Waals surface area contributed by atoms with Crippen LogP contribution in [0.25, 0.3) is 0 Å². The molecule has 96 valence electrons. The molecule has 2 aromatic heterocycles. The third-order valence-electron chi connectivity index (χ3n) is 2.81. The Morgan fingerprint density at radius 1 is 1.39 bits per heavy atom. The van der Waals surface area contributed by atoms with Gasteiger partial charge in [-0.05, 0) is 36.1 Å². The molecule has 0 amide bonds. The lowest BCUT2D eigenvalue weighted by molar-refractivity contribution is 0.0625. The van der Waals surface area contributed by atoms with Crippen LogP contribution in [0, 0.1) is 6.92 Å². The fraction of sp³-hybridized carbons (Fsp3) is 0.357. The van der Waals surface area contributed by atoms with Crippen LogP contribution >= 0.6 is 11.3 Å². The second kappa shape index (κ2) is 6.64. The molecule has 0 radical (unpaired) electrons. The normalized spacial score (nSPS) is 12.6. The Balaban J connectivity index is 1.87. The fourth-order valence-electron chi connectivity index (χ4n) is 1.82. The highest BCUT2D eigenvalue weighted by Crippen LogP contribution is 2.25. The smallest absolute Gasteiger partial charge is 0.104 e. The summed E-state index contributed by atoms with van der Waals surface area (Å²) >= 11 is 1.71. The Labute approximate surface area is 112 Å². The zero-order valence-electron chi connectivity index (χ0n) is 10.5. The molecule has 0 saturated carbocycles. The number of nitrogens with two attached hydrogens (primary N) is 1. The van der Waals surface area contributed by atoms with E-state index in [0.29, 0.717) is 13.2 Å². The number of aromatic nitrogens is 1. The van der Waals surface area contributed by atoms with E-state index >= 15 is 0 Å². The highest BCUT2D eigenvalue weighted by Gasteiger charge is 2.13. The summed E-state index contributed by atoms with van der Waals surface area (Å²) in [6.07, 6.45) is 2.63. The minimum atomic E-state index is 0.00807. The molecule has 18 heavy (non-hydrogen) atoms. The van der Waals surface area contributed by atoms with Crippen molar-refractivity contribution in [2.75, 3.05) is 13.2 Å². The Kier molecular flexibility index (Phi) is 4.87. The minimum Gasteiger partial charge on any atom is -0.371 e. The molecule has 4 heteroatoms. The topological polar surface area (TPSA) is 48.1 Å². The van der Waals surface area contributed by atoms with Crippen LogP contribution < -0.4 is 5.73 Å². The predicted octanol–water partition coefficient (Wildman–Crippen LogP) is 2.71. The van der Waals surface area contributed by atoms with Gasteiger partial charge in [-0.1, -0.05) is 6.07 Å². The largest absolute Gasteiger partial charge is 0.371 e. The number of aryl methyl sites for hydroxylation is 1. The van der Waals surface area contributed by atoms with Crippen LogP contribution in [0.5, 0.6) is 0 Å². The van der Waals surface area contributed by atoms with Crippen LogP contribution in [0.2, 0.25) is 0 Å². The van der Waals surface area contributed by atoms with Gasteiger partial charge in [-0.15, -0.1) is 11.3 Å². The number of ether oxygens (including phenoxy) is 1. The number of pyridine rings is 1. The predicted molar refractivity (Wildman–Crippen MR) is 74.7 cm³/mol. The summed E-state index contributed by atoms with van der Waals surface area (Å²) in [5.41, 5.74) is 8.09. The lowest BCUT2D eigenvalue weighted by atomic mass is 10.2. The van der Waals surface area contributed by atoms with Gasteiger partial charge in [0.1, 0.15) is 6.10 Å². The molecule has 0 saturated heterocycles. The van der Waals surface area contributed by atoms with Gasteiger partial charge < -0.3 is 10.5 Å². The van der Waals surface area contributed by atoms with Gasteiger partial charge in [0.05, 0.1) is 6.61 Å². The van der Waals surface area contributed by atoms with Gasteiger partial charge >= 0.3 is 0 Å². The first-order chi connectivity index (χ1) is 8.81. The van der Waals surface area contributed by atoms with Gasteiger partial charge in [-0.25, -0.2) is 0 Å². The number of nitrogens with zero attached hydrogens (tertiary/aromatic N) is 1. The third kappa shape index (κ3) is 3.38. The maximum absolute atomic E-state index is 5.87. The molecule has 2 heterocycles. The summed E-state index contributed by atoms with van der Waals surface area (Å²) in [5.74, 6) is 0. The van der Waals surface area contributed by atoms with Crippen molar-refractivity contribution < 1.29 is 4.74 Å². The van der Waals surface area contributed by atoms with E-state index in [-0.39, 0.29) is 6.10 Å². The van der Waals surface area contributed by atoms with E-state index in [4.69, 9.17) is 10.5 Å². The third-order valence-corrected chi connectivity index (χ3v) is 3.92. The van der Waals surface area contributed by atoms with E-state index in [1.165, 1.54) is 10.4 Å². The molecule has 0 aliphatic rings. The second-order valence-corrected chi connectivity index (χ2v) is 5.08. The molecule has 0 aliphatic carbocycles. The molecule has 1 unspecified atom stereocenters. The maximum Gasteiger partial charge on any atom is 0.104 e. The van der Waals surface area contributed by atoms with E-state index in [9.17, 15) is 0 Å². The van der Waals surface area contributed by atoms with Crippen LogP contribution in [-0.2, 0) is 11.2 Å². The van der Waals surface area contributed by atoms with Gasteiger partial charge in [0, 0.05) is 29.7 Å². The first kappa shape index (κ1) is 13.2. The van der Waals surface area contributed by atoms with Crippen molar-refractivity contribution in [1.82, 2.24) is 4.98 Å². The van der Waals surface area contributed by atoms with Crippen molar-refractivity contribution >= 4 is 11.3 Å². The summed E-state index contributed by atoms with van der Waals surface area (Å²) < 4.78 is 5.87. The van der Waals surface area contributed by atoms with Gasteiger partial charge in [-0.2, -0.15) is 0 Å². The Bertz CT molecular complexity index is 470. The van der Waals surface area contributed by atoms with E-state index < -0.39 is 0 Å². The summed E-state index contributed by atoms with van der Waals surface area (Å²) in [5, 5.41) is 2.08. The molecule has 0 fully saturated rings. The van der Waals surface area contributed by atoms with E-state index in [1.807, 2.05) is 18.2 Å². The molecular formula is C14H18N2OS. The standard InChI is InChI=1S/C14H18N2OS/c1-11-6-9-18-14(11)13(10-15)17-8-5-12-4-2-3-7-16-12/h2-4,6-7,9,13H,5,8,10,15H2,1H3.